The molecule has 0 saturated carbocycles. The summed E-state index contributed by atoms with van der Waals surface area (Å²) in [5.74, 6) is 0. The van der Waals surface area contributed by atoms with Crippen LogP contribution in [0.5, 0.6) is 0 Å². The second kappa shape index (κ2) is 6.13. The van der Waals surface area contributed by atoms with Crippen LogP contribution in [-0.2, 0) is 4.52 Å². The standard InChI is InChI=1S/C16H19OP/c1-4-17-18(15-11-7-5-9-13(15)2)16-12-8-6-10-14(16)3/h5-12H,4H2,1-3H3. The highest BCUT2D eigenvalue weighted by molar-refractivity contribution is 7.68. The van der Waals surface area contributed by atoms with Crippen molar-refractivity contribution >= 4 is 18.8 Å². The Kier molecular flexibility index (Phi) is 4.52. The molecule has 0 N–H and O–H groups in total. The zero-order valence-electron chi connectivity index (χ0n) is 11.2. The summed E-state index contributed by atoms with van der Waals surface area (Å²) in [5, 5.41) is 2.65. The van der Waals surface area contributed by atoms with E-state index < -0.39 is 8.15 Å². The third-order valence-electron chi connectivity index (χ3n) is 2.93. The van der Waals surface area contributed by atoms with E-state index in [9.17, 15) is 0 Å². The van der Waals surface area contributed by atoms with Crippen LogP contribution < -0.4 is 10.6 Å². The van der Waals surface area contributed by atoms with Gasteiger partial charge in [0.2, 0.25) is 0 Å². The number of rotatable bonds is 4. The van der Waals surface area contributed by atoms with E-state index in [2.05, 4.69) is 69.3 Å². The van der Waals surface area contributed by atoms with Gasteiger partial charge in [-0.25, -0.2) is 0 Å². The summed E-state index contributed by atoms with van der Waals surface area (Å²) in [6, 6.07) is 17.0. The maximum Gasteiger partial charge on any atom is 0.0922 e. The van der Waals surface area contributed by atoms with E-state index in [1.807, 2.05) is 0 Å². The van der Waals surface area contributed by atoms with E-state index in [0.29, 0.717) is 0 Å². The molecule has 1 nitrogen and oxygen atoms in total. The van der Waals surface area contributed by atoms with E-state index in [0.717, 1.165) is 6.61 Å². The summed E-state index contributed by atoms with van der Waals surface area (Å²) >= 11 is 0. The molecule has 2 rings (SSSR count). The van der Waals surface area contributed by atoms with Gasteiger partial charge in [0, 0.05) is 17.2 Å². The van der Waals surface area contributed by atoms with E-state index in [4.69, 9.17) is 4.52 Å². The van der Waals surface area contributed by atoms with Crippen LogP contribution in [0.25, 0.3) is 0 Å². The van der Waals surface area contributed by atoms with Crippen LogP contribution >= 0.6 is 8.15 Å². The molecule has 2 aromatic rings. The molecule has 2 aromatic carbocycles. The van der Waals surface area contributed by atoms with E-state index in [1.54, 1.807) is 0 Å². The molecule has 0 unspecified atom stereocenters. The Hall–Kier alpha value is -1.17. The third kappa shape index (κ3) is 2.80. The van der Waals surface area contributed by atoms with Gasteiger partial charge < -0.3 is 4.52 Å². The second-order valence-electron chi connectivity index (χ2n) is 4.29. The van der Waals surface area contributed by atoms with Gasteiger partial charge in [-0.3, -0.25) is 0 Å². The predicted octanol–water partition coefficient (Wildman–Crippen LogP) is 3.69. The van der Waals surface area contributed by atoms with Gasteiger partial charge in [-0.1, -0.05) is 48.5 Å². The fraction of sp³-hybridized carbons (Fsp3) is 0.250. The van der Waals surface area contributed by atoms with Crippen molar-refractivity contribution in [3.05, 3.63) is 59.7 Å². The minimum atomic E-state index is -0.693. The lowest BCUT2D eigenvalue weighted by atomic mass is 10.2. The Morgan fingerprint density at radius 1 is 0.833 bits per heavy atom. The average Bonchev–Trinajstić information content (AvgIpc) is 2.38. The zero-order valence-corrected chi connectivity index (χ0v) is 12.1. The SMILES string of the molecule is CCOP(c1ccccc1C)c1ccccc1C. The minimum Gasteiger partial charge on any atom is -0.350 e. The van der Waals surface area contributed by atoms with Gasteiger partial charge in [0.15, 0.2) is 0 Å². The van der Waals surface area contributed by atoms with Gasteiger partial charge in [-0.2, -0.15) is 0 Å². The highest BCUT2D eigenvalue weighted by Gasteiger charge is 2.17. The number of aryl methyl sites for hydroxylation is 2. The van der Waals surface area contributed by atoms with Crippen LogP contribution in [0.1, 0.15) is 18.1 Å². The number of hydrogen-bond acceptors (Lipinski definition) is 1. The molecule has 0 aromatic heterocycles. The largest absolute Gasteiger partial charge is 0.350 e. The molecule has 0 spiro atoms. The van der Waals surface area contributed by atoms with Crippen molar-refractivity contribution in [3.8, 4) is 0 Å². The van der Waals surface area contributed by atoms with Gasteiger partial charge in [0.1, 0.15) is 0 Å². The highest BCUT2D eigenvalue weighted by atomic mass is 31.1. The zero-order chi connectivity index (χ0) is 13.0. The minimum absolute atomic E-state index is 0.693. The Balaban J connectivity index is 2.47. The molecule has 0 saturated heterocycles. The maximum atomic E-state index is 6.04. The summed E-state index contributed by atoms with van der Waals surface area (Å²) in [6.45, 7) is 7.12. The monoisotopic (exact) mass is 258 g/mol. The Morgan fingerprint density at radius 2 is 1.28 bits per heavy atom. The van der Waals surface area contributed by atoms with Crippen LogP contribution in [0.2, 0.25) is 0 Å². The molecule has 0 atom stereocenters. The maximum absolute atomic E-state index is 6.04. The molecular formula is C16H19OP. The molecule has 0 heterocycles. The molecule has 94 valence electrons. The van der Waals surface area contributed by atoms with Crippen molar-refractivity contribution in [2.45, 2.75) is 20.8 Å². The molecule has 0 bridgehead atoms. The van der Waals surface area contributed by atoms with Crippen molar-refractivity contribution in [1.82, 2.24) is 0 Å². The van der Waals surface area contributed by atoms with Crippen LogP contribution in [-0.4, -0.2) is 6.61 Å². The van der Waals surface area contributed by atoms with Crippen LogP contribution in [0, 0.1) is 13.8 Å². The first-order valence-corrected chi connectivity index (χ1v) is 7.54. The van der Waals surface area contributed by atoms with Gasteiger partial charge in [0.05, 0.1) is 8.15 Å². The lowest BCUT2D eigenvalue weighted by Crippen LogP contribution is -2.18. The summed E-state index contributed by atoms with van der Waals surface area (Å²) in [4.78, 5) is 0. The molecule has 0 aliphatic carbocycles. The van der Waals surface area contributed by atoms with Crippen LogP contribution in [0.3, 0.4) is 0 Å². The quantitative estimate of drug-likeness (QED) is 0.760. The van der Waals surface area contributed by atoms with Crippen molar-refractivity contribution in [3.63, 3.8) is 0 Å². The second-order valence-corrected chi connectivity index (χ2v) is 6.10. The number of hydrogen-bond donors (Lipinski definition) is 0. The Morgan fingerprint density at radius 3 is 1.67 bits per heavy atom. The summed E-state index contributed by atoms with van der Waals surface area (Å²) < 4.78 is 6.04. The highest BCUT2D eigenvalue weighted by Crippen LogP contribution is 2.36. The van der Waals surface area contributed by atoms with Crippen molar-refractivity contribution < 1.29 is 4.52 Å². The van der Waals surface area contributed by atoms with E-state index in [1.165, 1.54) is 21.7 Å². The van der Waals surface area contributed by atoms with Crippen LogP contribution in [0.4, 0.5) is 0 Å². The first kappa shape index (κ1) is 13.3. The van der Waals surface area contributed by atoms with Crippen molar-refractivity contribution in [2.75, 3.05) is 6.61 Å². The third-order valence-corrected chi connectivity index (χ3v) is 5.32. The Bertz CT molecular complexity index is 477. The first-order chi connectivity index (χ1) is 8.74. The smallest absolute Gasteiger partial charge is 0.0922 e. The molecule has 0 aliphatic heterocycles. The van der Waals surface area contributed by atoms with E-state index >= 15 is 0 Å². The molecular weight excluding hydrogens is 239 g/mol. The van der Waals surface area contributed by atoms with Crippen molar-refractivity contribution in [2.24, 2.45) is 0 Å². The summed E-state index contributed by atoms with van der Waals surface area (Å²) in [5.41, 5.74) is 2.61. The van der Waals surface area contributed by atoms with Crippen LogP contribution in [0.15, 0.2) is 48.5 Å². The van der Waals surface area contributed by atoms with Gasteiger partial charge in [-0.15, -0.1) is 0 Å². The summed E-state index contributed by atoms with van der Waals surface area (Å²) in [6.07, 6.45) is 0. The lowest BCUT2D eigenvalue weighted by Gasteiger charge is -2.21. The number of benzene rings is 2. The normalized spacial score (nSPS) is 10.9. The molecule has 0 aliphatic rings. The van der Waals surface area contributed by atoms with Gasteiger partial charge in [0.25, 0.3) is 0 Å². The fourth-order valence-corrected chi connectivity index (χ4v) is 4.01. The van der Waals surface area contributed by atoms with Crippen molar-refractivity contribution in [1.29, 1.82) is 0 Å². The fourth-order valence-electron chi connectivity index (χ4n) is 1.98. The molecule has 2 heteroatoms. The first-order valence-electron chi connectivity index (χ1n) is 6.28. The average molecular weight is 258 g/mol. The molecule has 0 radical (unpaired) electrons. The molecule has 0 fully saturated rings. The van der Waals surface area contributed by atoms with Gasteiger partial charge in [-0.05, 0) is 31.9 Å². The molecule has 18 heavy (non-hydrogen) atoms. The van der Waals surface area contributed by atoms with Gasteiger partial charge >= 0.3 is 0 Å². The Labute approximate surface area is 111 Å². The predicted molar refractivity (Wildman–Crippen MR) is 80.2 cm³/mol. The molecule has 0 amide bonds. The van der Waals surface area contributed by atoms with E-state index in [-0.39, 0.29) is 0 Å². The lowest BCUT2D eigenvalue weighted by molar-refractivity contribution is 0.388. The summed E-state index contributed by atoms with van der Waals surface area (Å²) in [7, 11) is -0.693. The topological polar surface area (TPSA) is 9.23 Å².